The van der Waals surface area contributed by atoms with E-state index < -0.39 is 112 Å². The third-order valence-corrected chi connectivity index (χ3v) is 13.1. The van der Waals surface area contributed by atoms with Gasteiger partial charge in [-0.25, -0.2) is 14.0 Å². The zero-order valence-electron chi connectivity index (χ0n) is 35.4. The number of Topliss-reactive ketones (excluding diaryl/α,β-unsaturated/α-hetero) is 1. The van der Waals surface area contributed by atoms with Gasteiger partial charge in [-0.05, 0) is 87.6 Å². The maximum absolute atomic E-state index is 17.9. The highest BCUT2D eigenvalue weighted by atomic mass is 19.1. The van der Waals surface area contributed by atoms with Gasteiger partial charge in [0.1, 0.15) is 11.8 Å². The normalized spacial score (nSPS) is 29.6. The molecule has 0 aliphatic heterocycles. The fraction of sp³-hybridized carbons (Fsp3) is 0.619. The lowest BCUT2D eigenvalue weighted by Crippen LogP contribution is -2.70. The minimum Gasteiger partial charge on any atom is -0.464 e. The number of aliphatic hydroxyl groups is 1. The Morgan fingerprint density at radius 2 is 1.62 bits per heavy atom. The molecule has 3 fully saturated rings. The molecule has 0 aromatic heterocycles. The van der Waals surface area contributed by atoms with Gasteiger partial charge >= 0.3 is 18.1 Å². The molecule has 2 unspecified atom stereocenters. The number of ether oxygens (including phenoxy) is 4. The highest BCUT2D eigenvalue weighted by Gasteiger charge is 2.77. The van der Waals surface area contributed by atoms with E-state index in [4.69, 9.17) is 18.9 Å². The highest BCUT2D eigenvalue weighted by molar-refractivity contribution is 6.01. The van der Waals surface area contributed by atoms with Crippen molar-refractivity contribution in [2.75, 3.05) is 26.4 Å². The first-order valence-electron chi connectivity index (χ1n) is 20.7. The van der Waals surface area contributed by atoms with Crippen molar-refractivity contribution in [3.8, 4) is 5.75 Å². The van der Waals surface area contributed by atoms with Crippen LogP contribution in [-0.4, -0.2) is 101 Å². The lowest BCUT2D eigenvalue weighted by Gasteiger charge is -2.62. The molecule has 0 spiro atoms. The summed E-state index contributed by atoms with van der Waals surface area (Å²) >= 11 is 0. The third-order valence-electron chi connectivity index (χ3n) is 13.1. The minimum atomic E-state index is -2.26. The predicted octanol–water partition coefficient (Wildman–Crippen LogP) is 4.24. The average Bonchev–Trinajstić information content (AvgIpc) is 3.42. The van der Waals surface area contributed by atoms with Gasteiger partial charge in [0.05, 0.1) is 25.9 Å². The third kappa shape index (κ3) is 9.97. The van der Waals surface area contributed by atoms with Gasteiger partial charge in [-0.2, -0.15) is 0 Å². The summed E-state index contributed by atoms with van der Waals surface area (Å²) in [6, 6.07) is 4.65. The number of carbonyl (C=O) groups excluding carboxylic acids is 6. The van der Waals surface area contributed by atoms with E-state index in [0.29, 0.717) is 17.6 Å². The first kappa shape index (κ1) is 48.0. The van der Waals surface area contributed by atoms with Gasteiger partial charge in [0.2, 0.25) is 11.7 Å². The number of halogens is 1. The molecule has 20 nitrogen and oxygen atoms in total. The van der Waals surface area contributed by atoms with Crippen LogP contribution in [0, 0.1) is 48.8 Å². The largest absolute Gasteiger partial charge is 0.514 e. The lowest BCUT2D eigenvalue weighted by atomic mass is 9.44. The number of benzene rings is 1. The van der Waals surface area contributed by atoms with Crippen molar-refractivity contribution < 1.29 is 77.1 Å². The summed E-state index contributed by atoms with van der Waals surface area (Å²) in [5.74, 6) is -5.61. The second kappa shape index (κ2) is 19.6. The summed E-state index contributed by atoms with van der Waals surface area (Å²) in [7, 11) is 0. The van der Waals surface area contributed by atoms with Crippen LogP contribution < -0.4 is 10.1 Å². The molecule has 2 N–H and O–H groups in total. The van der Waals surface area contributed by atoms with Gasteiger partial charge in [-0.3, -0.25) is 19.2 Å². The van der Waals surface area contributed by atoms with Crippen LogP contribution in [0.2, 0.25) is 0 Å². The second-order valence-electron chi connectivity index (χ2n) is 16.9. The molecule has 0 heterocycles. The van der Waals surface area contributed by atoms with Crippen LogP contribution in [0.4, 0.5) is 9.18 Å². The summed E-state index contributed by atoms with van der Waals surface area (Å²) in [5, 5.41) is 33.4. The van der Waals surface area contributed by atoms with E-state index in [1.807, 2.05) is 0 Å². The molecule has 0 radical (unpaired) electrons. The Balaban J connectivity index is 1.29. The molecular formula is C42H52FN3O17. The standard InChI is InChI=1S/C42H52FN3O17/c1-25-20-32-31-14-11-28-22-29(48)15-16-39(28,3)41(31,43)34(49)23-40(32,4)42(25,63-36(51)8-7-19-61-46(56)57)35(50)24-59-38(53)62-30-12-9-27(10-13-30)21-33(44-26(2)47)37(52)58-17-5-6-18-60-45(54)55/h9-10,12-13,15-16,22,25,31-34,49H,5-8,11,14,17-21,23-24H2,1-4H3,(H,44,47)/t25-,31?,32?,33-,34-,39-,40-,41-,42-/m0/s1. The number of fused-ring (bicyclic) bond motifs is 5. The van der Waals surface area contributed by atoms with E-state index >= 15 is 4.39 Å². The number of aliphatic hydroxyl groups excluding tert-OH is 1. The number of rotatable bonds is 20. The number of hydrogen-bond donors (Lipinski definition) is 2. The Morgan fingerprint density at radius 3 is 2.27 bits per heavy atom. The van der Waals surface area contributed by atoms with Crippen molar-refractivity contribution in [2.24, 2.45) is 28.6 Å². The zero-order valence-corrected chi connectivity index (χ0v) is 35.4. The van der Waals surface area contributed by atoms with Crippen molar-refractivity contribution in [1.82, 2.24) is 5.32 Å². The van der Waals surface area contributed by atoms with Crippen LogP contribution in [0.15, 0.2) is 48.1 Å². The maximum Gasteiger partial charge on any atom is 0.514 e. The lowest BCUT2D eigenvalue weighted by molar-refractivity contribution is -0.757. The second-order valence-corrected chi connectivity index (χ2v) is 16.9. The van der Waals surface area contributed by atoms with Gasteiger partial charge < -0.3 is 39.0 Å². The van der Waals surface area contributed by atoms with Crippen LogP contribution in [-0.2, 0) is 54.3 Å². The van der Waals surface area contributed by atoms with E-state index in [0.717, 1.165) is 0 Å². The quantitative estimate of drug-likeness (QED) is 0.0463. The number of carbonyl (C=O) groups is 6. The van der Waals surface area contributed by atoms with Gasteiger partial charge in [0.25, 0.3) is 10.2 Å². The first-order valence-corrected chi connectivity index (χ1v) is 20.7. The van der Waals surface area contributed by atoms with Crippen molar-refractivity contribution in [3.05, 3.63) is 73.9 Å². The first-order chi connectivity index (χ1) is 29.7. The van der Waals surface area contributed by atoms with Crippen molar-refractivity contribution in [1.29, 1.82) is 0 Å². The summed E-state index contributed by atoms with van der Waals surface area (Å²) in [5.41, 5.74) is -5.98. The number of alkyl halides is 1. The van der Waals surface area contributed by atoms with Gasteiger partial charge in [0, 0.05) is 42.4 Å². The minimum absolute atomic E-state index is 0.0177. The molecule has 344 valence electrons. The van der Waals surface area contributed by atoms with E-state index in [-0.39, 0.29) is 69.7 Å². The summed E-state index contributed by atoms with van der Waals surface area (Å²) in [6.07, 6.45) is 1.56. The molecule has 9 atom stereocenters. The SMILES string of the molecule is CC(=O)N[C@@H](Cc1ccc(OC(=O)OCC(=O)[C@@]2(OC(=O)CCCO[N+](=O)[O-])[C@@H](C)CC3C4CCC5=CC(=O)C=C[C@]5(C)[C@@]4(F)[C@@H](O)C[C@@]32C)cc1)C(=O)OCCCCO[N+](=O)[O-]. The topological polar surface area (TPSA) is 276 Å². The molecule has 1 aromatic carbocycles. The van der Waals surface area contributed by atoms with Crippen LogP contribution in [0.5, 0.6) is 5.75 Å². The molecule has 1 amide bonds. The molecule has 4 aliphatic carbocycles. The Bertz CT molecular complexity index is 2030. The Labute approximate surface area is 361 Å². The van der Waals surface area contributed by atoms with Crippen LogP contribution >= 0.6 is 0 Å². The molecule has 1 aromatic rings. The fourth-order valence-electron chi connectivity index (χ4n) is 10.3. The number of amides is 1. The fourth-order valence-corrected chi connectivity index (χ4v) is 10.3. The van der Waals surface area contributed by atoms with E-state index in [9.17, 15) is 54.1 Å². The van der Waals surface area contributed by atoms with E-state index in [2.05, 4.69) is 15.0 Å². The van der Waals surface area contributed by atoms with Gasteiger partial charge in [-0.15, -0.1) is 20.2 Å². The molecule has 0 bridgehead atoms. The van der Waals surface area contributed by atoms with Crippen LogP contribution in [0.3, 0.4) is 0 Å². The van der Waals surface area contributed by atoms with E-state index in [1.165, 1.54) is 49.4 Å². The number of nitrogens with zero attached hydrogens (tertiary/aromatic N) is 2. The number of hydrogen-bond acceptors (Lipinski definition) is 17. The summed E-state index contributed by atoms with van der Waals surface area (Å²) in [6.45, 7) is 4.53. The number of unbranched alkanes of at least 4 members (excludes halogenated alkanes) is 1. The van der Waals surface area contributed by atoms with E-state index in [1.54, 1.807) is 20.8 Å². The van der Waals surface area contributed by atoms with Crippen molar-refractivity contribution >= 4 is 35.6 Å². The van der Waals surface area contributed by atoms with Gasteiger partial charge in [-0.1, -0.05) is 37.6 Å². The monoisotopic (exact) mass is 889 g/mol. The van der Waals surface area contributed by atoms with Crippen molar-refractivity contribution in [3.63, 3.8) is 0 Å². The smallest absolute Gasteiger partial charge is 0.464 e. The Morgan fingerprint density at radius 1 is 0.968 bits per heavy atom. The Kier molecular flexibility index (Phi) is 14.9. The number of allylic oxidation sites excluding steroid dienone is 4. The van der Waals surface area contributed by atoms with Crippen molar-refractivity contribution in [2.45, 2.75) is 109 Å². The molecule has 21 heteroatoms. The number of ketones is 2. The van der Waals surface area contributed by atoms with Gasteiger partial charge in [0.15, 0.2) is 23.7 Å². The van der Waals surface area contributed by atoms with Crippen LogP contribution in [0.25, 0.3) is 0 Å². The number of esters is 2. The number of nitrogens with one attached hydrogen (secondary N) is 1. The Hall–Kier alpha value is -5.99. The molecule has 5 rings (SSSR count). The van der Waals surface area contributed by atoms with Crippen LogP contribution in [0.1, 0.15) is 84.6 Å². The molecule has 4 aliphatic rings. The molecule has 0 saturated heterocycles. The molecular weight excluding hydrogens is 837 g/mol. The molecule has 63 heavy (non-hydrogen) atoms. The summed E-state index contributed by atoms with van der Waals surface area (Å²) < 4.78 is 39.8. The maximum atomic E-state index is 17.9. The predicted molar refractivity (Wildman–Crippen MR) is 212 cm³/mol. The average molecular weight is 890 g/mol. The molecule has 3 saturated carbocycles. The highest BCUT2D eigenvalue weighted by Crippen LogP contribution is 2.71. The zero-order chi connectivity index (χ0) is 46.3. The summed E-state index contributed by atoms with van der Waals surface area (Å²) in [4.78, 5) is 107.